The summed E-state index contributed by atoms with van der Waals surface area (Å²) in [7, 11) is 1.77. The van der Waals surface area contributed by atoms with E-state index in [2.05, 4.69) is 22.5 Å². The van der Waals surface area contributed by atoms with E-state index in [1.54, 1.807) is 19.2 Å². The monoisotopic (exact) mass is 319 g/mol. The average molecular weight is 319 g/mol. The number of methoxy groups -OCH3 is 1. The van der Waals surface area contributed by atoms with Crippen LogP contribution in [0, 0.1) is 5.41 Å². The Balaban J connectivity index is 1.89. The number of hydrogen-bond acceptors (Lipinski definition) is 3. The maximum Gasteiger partial charge on any atom is 0.191 e. The van der Waals surface area contributed by atoms with E-state index < -0.39 is 0 Å². The van der Waals surface area contributed by atoms with Crippen LogP contribution < -0.4 is 10.6 Å². The quantitative estimate of drug-likeness (QED) is 0.509. The number of aromatic hydroxyl groups is 1. The highest BCUT2D eigenvalue weighted by atomic mass is 16.5. The molecule has 128 valence electrons. The second kappa shape index (κ2) is 8.77. The van der Waals surface area contributed by atoms with E-state index in [0.717, 1.165) is 37.6 Å². The molecule has 0 heterocycles. The van der Waals surface area contributed by atoms with Crippen LogP contribution in [0.4, 0.5) is 0 Å². The smallest absolute Gasteiger partial charge is 0.191 e. The van der Waals surface area contributed by atoms with Crippen LogP contribution in [0.1, 0.15) is 38.2 Å². The summed E-state index contributed by atoms with van der Waals surface area (Å²) >= 11 is 0. The van der Waals surface area contributed by atoms with Gasteiger partial charge in [-0.05, 0) is 49.3 Å². The van der Waals surface area contributed by atoms with Crippen LogP contribution in [-0.2, 0) is 11.3 Å². The highest BCUT2D eigenvalue weighted by Gasteiger charge is 2.36. The van der Waals surface area contributed by atoms with E-state index in [1.165, 1.54) is 19.3 Å². The van der Waals surface area contributed by atoms with Crippen molar-refractivity contribution in [2.75, 3.05) is 26.8 Å². The van der Waals surface area contributed by atoms with E-state index in [1.807, 2.05) is 12.1 Å². The van der Waals surface area contributed by atoms with Gasteiger partial charge in [0.05, 0.1) is 6.54 Å². The number of hydrogen-bond donors (Lipinski definition) is 3. The van der Waals surface area contributed by atoms with Crippen molar-refractivity contribution in [2.24, 2.45) is 10.4 Å². The lowest BCUT2D eigenvalue weighted by atomic mass is 9.67. The van der Waals surface area contributed by atoms with Crippen molar-refractivity contribution in [3.63, 3.8) is 0 Å². The standard InChI is InChI=1S/C18H29N3O2/c1-3-19-17(20-13-15-5-7-16(22)8-6-15)21-14-18(9-4-10-18)11-12-23-2/h5-8,22H,3-4,9-14H2,1-2H3,(H2,19,20,21). The van der Waals surface area contributed by atoms with Crippen molar-refractivity contribution in [1.29, 1.82) is 0 Å². The Kier molecular flexibility index (Phi) is 6.71. The van der Waals surface area contributed by atoms with Gasteiger partial charge in [-0.15, -0.1) is 0 Å². The predicted molar refractivity (Wildman–Crippen MR) is 93.7 cm³/mol. The third kappa shape index (κ3) is 5.43. The SMILES string of the molecule is CCNC(=NCc1ccc(O)cc1)NCC1(CCOC)CCC1. The van der Waals surface area contributed by atoms with Crippen LogP contribution >= 0.6 is 0 Å². The molecule has 5 nitrogen and oxygen atoms in total. The van der Waals surface area contributed by atoms with Crippen molar-refractivity contribution in [3.05, 3.63) is 29.8 Å². The molecule has 23 heavy (non-hydrogen) atoms. The fraction of sp³-hybridized carbons (Fsp3) is 0.611. The first-order chi connectivity index (χ1) is 11.2. The van der Waals surface area contributed by atoms with Gasteiger partial charge in [0.2, 0.25) is 0 Å². The number of nitrogens with zero attached hydrogens (tertiary/aromatic N) is 1. The third-order valence-electron chi connectivity index (χ3n) is 4.58. The van der Waals surface area contributed by atoms with Crippen LogP contribution in [0.2, 0.25) is 0 Å². The molecule has 0 aliphatic heterocycles. The minimum absolute atomic E-state index is 0.285. The number of nitrogens with one attached hydrogen (secondary N) is 2. The van der Waals surface area contributed by atoms with Crippen molar-refractivity contribution < 1.29 is 9.84 Å². The molecule has 5 heteroatoms. The Morgan fingerprint density at radius 3 is 2.57 bits per heavy atom. The molecule has 1 aliphatic carbocycles. The molecule has 1 aliphatic rings. The molecule has 1 aromatic carbocycles. The average Bonchev–Trinajstić information content (AvgIpc) is 2.52. The van der Waals surface area contributed by atoms with Gasteiger partial charge in [0, 0.05) is 26.8 Å². The second-order valence-corrected chi connectivity index (χ2v) is 6.31. The topological polar surface area (TPSA) is 65.9 Å². The highest BCUT2D eigenvalue weighted by Crippen LogP contribution is 2.43. The van der Waals surface area contributed by atoms with Gasteiger partial charge in [-0.25, -0.2) is 4.99 Å². The maximum absolute atomic E-state index is 9.33. The summed E-state index contributed by atoms with van der Waals surface area (Å²) in [6.45, 7) is 5.27. The molecule has 1 fully saturated rings. The first-order valence-electron chi connectivity index (χ1n) is 8.46. The van der Waals surface area contributed by atoms with Gasteiger partial charge < -0.3 is 20.5 Å². The van der Waals surface area contributed by atoms with Gasteiger partial charge >= 0.3 is 0 Å². The summed E-state index contributed by atoms with van der Waals surface area (Å²) in [5, 5.41) is 16.1. The number of aliphatic imine (C=N–C) groups is 1. The van der Waals surface area contributed by atoms with Gasteiger partial charge in [0.25, 0.3) is 0 Å². The first kappa shape index (κ1) is 17.6. The summed E-state index contributed by atoms with van der Waals surface area (Å²) in [5.74, 6) is 1.14. The fourth-order valence-corrected chi connectivity index (χ4v) is 2.90. The van der Waals surface area contributed by atoms with Crippen molar-refractivity contribution in [1.82, 2.24) is 10.6 Å². The molecule has 0 saturated heterocycles. The molecule has 1 aromatic rings. The van der Waals surface area contributed by atoms with E-state index in [-0.39, 0.29) is 5.75 Å². The lowest BCUT2D eigenvalue weighted by Crippen LogP contribution is -2.46. The van der Waals surface area contributed by atoms with E-state index in [4.69, 9.17) is 4.74 Å². The molecule has 0 aromatic heterocycles. The minimum atomic E-state index is 0.285. The number of ether oxygens (including phenoxy) is 1. The molecule has 3 N–H and O–H groups in total. The number of guanidine groups is 1. The summed E-state index contributed by atoms with van der Waals surface area (Å²) < 4.78 is 5.25. The van der Waals surface area contributed by atoms with Crippen molar-refractivity contribution >= 4 is 5.96 Å². The fourth-order valence-electron chi connectivity index (χ4n) is 2.90. The lowest BCUT2D eigenvalue weighted by Gasteiger charge is -2.42. The van der Waals surface area contributed by atoms with Gasteiger partial charge in [-0.1, -0.05) is 18.6 Å². The van der Waals surface area contributed by atoms with Gasteiger partial charge in [0.15, 0.2) is 5.96 Å². The van der Waals surface area contributed by atoms with Gasteiger partial charge in [-0.2, -0.15) is 0 Å². The number of rotatable bonds is 8. The van der Waals surface area contributed by atoms with Crippen LogP contribution in [-0.4, -0.2) is 37.9 Å². The van der Waals surface area contributed by atoms with Crippen LogP contribution in [0.5, 0.6) is 5.75 Å². The number of phenolic OH excluding ortho intramolecular Hbond substituents is 1. The molecular formula is C18H29N3O2. The van der Waals surface area contributed by atoms with Crippen LogP contribution in [0.15, 0.2) is 29.3 Å². The van der Waals surface area contributed by atoms with Crippen LogP contribution in [0.25, 0.3) is 0 Å². The van der Waals surface area contributed by atoms with Crippen molar-refractivity contribution in [2.45, 2.75) is 39.2 Å². The molecule has 0 bridgehead atoms. The molecule has 0 unspecified atom stereocenters. The number of phenols is 1. The van der Waals surface area contributed by atoms with E-state index >= 15 is 0 Å². The Bertz CT molecular complexity index is 495. The van der Waals surface area contributed by atoms with E-state index in [0.29, 0.717) is 12.0 Å². The van der Waals surface area contributed by atoms with Gasteiger partial charge in [-0.3, -0.25) is 0 Å². The maximum atomic E-state index is 9.33. The summed E-state index contributed by atoms with van der Waals surface area (Å²) in [6, 6.07) is 7.18. The lowest BCUT2D eigenvalue weighted by molar-refractivity contribution is 0.0732. The third-order valence-corrected chi connectivity index (χ3v) is 4.58. The normalized spacial score (nSPS) is 16.7. The largest absolute Gasteiger partial charge is 0.508 e. The van der Waals surface area contributed by atoms with Crippen molar-refractivity contribution in [3.8, 4) is 5.75 Å². The summed E-state index contributed by atoms with van der Waals surface area (Å²) in [6.07, 6.45) is 4.95. The van der Waals surface area contributed by atoms with E-state index in [9.17, 15) is 5.11 Å². The molecule has 0 amide bonds. The Morgan fingerprint density at radius 2 is 2.00 bits per heavy atom. The highest BCUT2D eigenvalue weighted by molar-refractivity contribution is 5.79. The zero-order valence-electron chi connectivity index (χ0n) is 14.3. The summed E-state index contributed by atoms with van der Waals surface area (Å²) in [4.78, 5) is 4.64. The predicted octanol–water partition coefficient (Wildman–Crippen LogP) is 2.65. The zero-order chi connectivity index (χ0) is 16.5. The Hall–Kier alpha value is -1.75. The molecule has 2 rings (SSSR count). The molecule has 0 atom stereocenters. The summed E-state index contributed by atoms with van der Waals surface area (Å²) in [5.41, 5.74) is 1.45. The zero-order valence-corrected chi connectivity index (χ0v) is 14.3. The second-order valence-electron chi connectivity index (χ2n) is 6.31. The van der Waals surface area contributed by atoms with Crippen LogP contribution in [0.3, 0.4) is 0 Å². The molecule has 1 saturated carbocycles. The van der Waals surface area contributed by atoms with Gasteiger partial charge in [0.1, 0.15) is 5.75 Å². The number of benzene rings is 1. The molecule has 0 spiro atoms. The molecular weight excluding hydrogens is 290 g/mol. The Morgan fingerprint density at radius 1 is 1.26 bits per heavy atom. The molecule has 0 radical (unpaired) electrons. The minimum Gasteiger partial charge on any atom is -0.508 e. The first-order valence-corrected chi connectivity index (χ1v) is 8.46. The Labute approximate surface area is 139 Å².